The van der Waals surface area contributed by atoms with Gasteiger partial charge in [-0.1, -0.05) is 0 Å². The quantitative estimate of drug-likeness (QED) is 0.888. The fraction of sp³-hybridized carbons (Fsp3) is 0.357. The van der Waals surface area contributed by atoms with E-state index in [2.05, 4.69) is 5.32 Å². The van der Waals surface area contributed by atoms with Crippen molar-refractivity contribution >= 4 is 16.9 Å². The molecule has 0 aliphatic heterocycles. The van der Waals surface area contributed by atoms with Crippen LogP contribution in [-0.2, 0) is 11.2 Å². The molecule has 0 spiro atoms. The lowest BCUT2D eigenvalue weighted by Crippen LogP contribution is -2.41. The molecule has 0 unspecified atom stereocenters. The Kier molecular flexibility index (Phi) is 3.11. The summed E-state index contributed by atoms with van der Waals surface area (Å²) in [7, 11) is 0. The number of carbonyl (C=O) groups excluding carboxylic acids is 1. The van der Waals surface area contributed by atoms with Gasteiger partial charge in [-0.15, -0.1) is 0 Å². The molecule has 0 fully saturated rings. The van der Waals surface area contributed by atoms with E-state index in [9.17, 15) is 9.18 Å². The highest BCUT2D eigenvalue weighted by Gasteiger charge is 2.16. The predicted octanol–water partition coefficient (Wildman–Crippen LogP) is 3.03. The van der Waals surface area contributed by atoms with Crippen LogP contribution in [0.25, 0.3) is 11.0 Å². The number of nitrogens with one attached hydrogen (secondary N) is 1. The van der Waals surface area contributed by atoms with E-state index >= 15 is 0 Å². The number of hydrogen-bond acceptors (Lipinski definition) is 2. The zero-order chi connectivity index (χ0) is 13.3. The van der Waals surface area contributed by atoms with Crippen molar-refractivity contribution in [3.05, 3.63) is 35.8 Å². The number of fused-ring (bicyclic) bond motifs is 1. The lowest BCUT2D eigenvalue weighted by Gasteiger charge is -2.20. The number of halogens is 1. The van der Waals surface area contributed by atoms with E-state index < -0.39 is 0 Å². The van der Waals surface area contributed by atoms with Crippen molar-refractivity contribution < 1.29 is 13.6 Å². The van der Waals surface area contributed by atoms with E-state index in [1.54, 1.807) is 6.07 Å². The maximum absolute atomic E-state index is 13.2. The average Bonchev–Trinajstić information content (AvgIpc) is 2.58. The van der Waals surface area contributed by atoms with Crippen molar-refractivity contribution in [3.63, 3.8) is 0 Å². The van der Waals surface area contributed by atoms with Gasteiger partial charge < -0.3 is 9.73 Å². The van der Waals surface area contributed by atoms with E-state index in [1.807, 2.05) is 20.8 Å². The summed E-state index contributed by atoms with van der Waals surface area (Å²) in [6.45, 7) is 5.74. The predicted molar refractivity (Wildman–Crippen MR) is 67.8 cm³/mol. The summed E-state index contributed by atoms with van der Waals surface area (Å²) in [4.78, 5) is 11.8. The Bertz CT molecular complexity index is 581. The highest BCUT2D eigenvalue weighted by Crippen LogP contribution is 2.22. The lowest BCUT2D eigenvalue weighted by atomic mass is 10.1. The molecule has 0 aliphatic carbocycles. The van der Waals surface area contributed by atoms with Crippen LogP contribution in [0.1, 0.15) is 26.3 Å². The molecule has 1 aromatic heterocycles. The van der Waals surface area contributed by atoms with Gasteiger partial charge in [0, 0.05) is 16.5 Å². The fourth-order valence-electron chi connectivity index (χ4n) is 1.83. The van der Waals surface area contributed by atoms with Gasteiger partial charge in [0.05, 0.1) is 12.7 Å². The molecular weight excluding hydrogens is 233 g/mol. The van der Waals surface area contributed by atoms with Gasteiger partial charge in [0.15, 0.2) is 0 Å². The maximum atomic E-state index is 13.2. The van der Waals surface area contributed by atoms with Crippen LogP contribution >= 0.6 is 0 Å². The Hall–Kier alpha value is -1.84. The van der Waals surface area contributed by atoms with Crippen molar-refractivity contribution in [1.82, 2.24) is 5.32 Å². The van der Waals surface area contributed by atoms with Crippen molar-refractivity contribution in [2.75, 3.05) is 0 Å². The summed E-state index contributed by atoms with van der Waals surface area (Å²) >= 11 is 0. The topological polar surface area (TPSA) is 42.2 Å². The van der Waals surface area contributed by atoms with Crippen LogP contribution in [0, 0.1) is 5.82 Å². The lowest BCUT2D eigenvalue weighted by molar-refractivity contribution is -0.121. The van der Waals surface area contributed by atoms with Crippen molar-refractivity contribution in [1.29, 1.82) is 0 Å². The minimum absolute atomic E-state index is 0.102. The van der Waals surface area contributed by atoms with Crippen molar-refractivity contribution in [2.45, 2.75) is 32.7 Å². The first-order chi connectivity index (χ1) is 8.35. The monoisotopic (exact) mass is 249 g/mol. The number of hydrogen-bond donors (Lipinski definition) is 1. The zero-order valence-corrected chi connectivity index (χ0v) is 10.7. The molecule has 4 heteroatoms. The molecule has 0 atom stereocenters. The zero-order valence-electron chi connectivity index (χ0n) is 10.7. The Balaban J connectivity index is 2.22. The van der Waals surface area contributed by atoms with Gasteiger partial charge in [-0.25, -0.2) is 4.39 Å². The Morgan fingerprint density at radius 2 is 2.11 bits per heavy atom. The first-order valence-corrected chi connectivity index (χ1v) is 5.82. The SMILES string of the molecule is CC(C)(C)NC(=O)Cc1coc2ccc(F)cc12. The first kappa shape index (κ1) is 12.6. The summed E-state index contributed by atoms with van der Waals surface area (Å²) in [6, 6.07) is 4.29. The molecule has 1 amide bonds. The molecule has 2 aromatic rings. The Morgan fingerprint density at radius 1 is 1.39 bits per heavy atom. The standard InChI is InChI=1S/C14H16FNO2/c1-14(2,3)16-13(17)6-9-8-18-12-5-4-10(15)7-11(9)12/h4-5,7-8H,6H2,1-3H3,(H,16,17). The van der Waals surface area contributed by atoms with E-state index in [1.165, 1.54) is 18.4 Å². The molecule has 2 rings (SSSR count). The molecular formula is C14H16FNO2. The number of carbonyl (C=O) groups is 1. The highest BCUT2D eigenvalue weighted by molar-refractivity contribution is 5.87. The molecule has 0 saturated carbocycles. The first-order valence-electron chi connectivity index (χ1n) is 5.82. The summed E-state index contributed by atoms with van der Waals surface area (Å²) < 4.78 is 18.4. The van der Waals surface area contributed by atoms with Crippen LogP contribution < -0.4 is 5.32 Å². The summed E-state index contributed by atoms with van der Waals surface area (Å²) in [5.41, 5.74) is 1.02. The minimum Gasteiger partial charge on any atom is -0.464 e. The Labute approximate surface area is 105 Å². The summed E-state index contributed by atoms with van der Waals surface area (Å²) in [6.07, 6.45) is 1.69. The molecule has 1 N–H and O–H groups in total. The number of furan rings is 1. The molecule has 1 heterocycles. The van der Waals surface area contributed by atoms with Gasteiger partial charge in [-0.2, -0.15) is 0 Å². The maximum Gasteiger partial charge on any atom is 0.224 e. The van der Waals surface area contributed by atoms with Crippen LogP contribution in [0.5, 0.6) is 0 Å². The second-order valence-electron chi connectivity index (χ2n) is 5.38. The van der Waals surface area contributed by atoms with Gasteiger partial charge >= 0.3 is 0 Å². The molecule has 18 heavy (non-hydrogen) atoms. The van der Waals surface area contributed by atoms with Crippen LogP contribution in [0.15, 0.2) is 28.9 Å². The number of benzene rings is 1. The molecule has 0 saturated heterocycles. The van der Waals surface area contributed by atoms with Gasteiger partial charge in [0.1, 0.15) is 11.4 Å². The third kappa shape index (κ3) is 2.88. The van der Waals surface area contributed by atoms with Crippen LogP contribution in [0.3, 0.4) is 0 Å². The van der Waals surface area contributed by atoms with Gasteiger partial charge in [-0.05, 0) is 39.0 Å². The largest absolute Gasteiger partial charge is 0.464 e. The van der Waals surface area contributed by atoms with Gasteiger partial charge in [0.2, 0.25) is 5.91 Å². The molecule has 0 radical (unpaired) electrons. The average molecular weight is 249 g/mol. The number of rotatable bonds is 2. The van der Waals surface area contributed by atoms with E-state index in [0.29, 0.717) is 16.5 Å². The molecule has 0 aliphatic rings. The second kappa shape index (κ2) is 4.44. The van der Waals surface area contributed by atoms with Crippen LogP contribution in [0.2, 0.25) is 0 Å². The Morgan fingerprint density at radius 3 is 2.78 bits per heavy atom. The fourth-order valence-corrected chi connectivity index (χ4v) is 1.83. The van der Waals surface area contributed by atoms with Gasteiger partial charge in [0.25, 0.3) is 0 Å². The van der Waals surface area contributed by atoms with E-state index in [-0.39, 0.29) is 23.7 Å². The third-order valence-electron chi connectivity index (χ3n) is 2.48. The van der Waals surface area contributed by atoms with Gasteiger partial charge in [-0.3, -0.25) is 4.79 Å². The van der Waals surface area contributed by atoms with E-state index in [0.717, 1.165) is 0 Å². The van der Waals surface area contributed by atoms with Crippen molar-refractivity contribution in [3.8, 4) is 0 Å². The smallest absolute Gasteiger partial charge is 0.224 e. The molecule has 3 nitrogen and oxygen atoms in total. The molecule has 0 bridgehead atoms. The number of amides is 1. The second-order valence-corrected chi connectivity index (χ2v) is 5.38. The molecule has 1 aromatic carbocycles. The summed E-state index contributed by atoms with van der Waals surface area (Å²) in [5, 5.41) is 3.51. The normalized spacial score (nSPS) is 11.8. The highest BCUT2D eigenvalue weighted by atomic mass is 19.1. The minimum atomic E-state index is -0.332. The third-order valence-corrected chi connectivity index (χ3v) is 2.48. The van der Waals surface area contributed by atoms with Crippen LogP contribution in [0.4, 0.5) is 4.39 Å². The van der Waals surface area contributed by atoms with Crippen molar-refractivity contribution in [2.24, 2.45) is 0 Å². The van der Waals surface area contributed by atoms with Crippen LogP contribution in [-0.4, -0.2) is 11.4 Å². The molecule has 96 valence electrons. The summed E-state index contributed by atoms with van der Waals surface area (Å²) in [5.74, 6) is -0.434. The van der Waals surface area contributed by atoms with E-state index in [4.69, 9.17) is 4.42 Å².